The van der Waals surface area contributed by atoms with Crippen molar-refractivity contribution in [2.45, 2.75) is 59.2 Å². The summed E-state index contributed by atoms with van der Waals surface area (Å²) in [5.74, 6) is -0.713. The van der Waals surface area contributed by atoms with Gasteiger partial charge in [-0.1, -0.05) is 0 Å². The summed E-state index contributed by atoms with van der Waals surface area (Å²) >= 11 is 0. The molecular formula is C29H34FN7O4. The van der Waals surface area contributed by atoms with Crippen LogP contribution in [-0.2, 0) is 4.74 Å². The van der Waals surface area contributed by atoms with Crippen LogP contribution in [0.3, 0.4) is 0 Å². The zero-order chi connectivity index (χ0) is 29.6. The minimum atomic E-state index is -0.596. The van der Waals surface area contributed by atoms with Crippen LogP contribution in [0.25, 0.3) is 16.7 Å². The number of hydrogen-bond donors (Lipinski definition) is 1. The summed E-state index contributed by atoms with van der Waals surface area (Å²) in [4.78, 5) is 43.5. The molecule has 2 atom stereocenters. The average Bonchev–Trinajstić information content (AvgIpc) is 3.26. The van der Waals surface area contributed by atoms with E-state index in [-0.39, 0.29) is 35.1 Å². The monoisotopic (exact) mass is 563 g/mol. The Morgan fingerprint density at radius 2 is 1.78 bits per heavy atom. The highest BCUT2D eigenvalue weighted by Crippen LogP contribution is 2.32. The van der Waals surface area contributed by atoms with Crippen molar-refractivity contribution in [3.05, 3.63) is 53.9 Å². The molecule has 2 amide bonds. The van der Waals surface area contributed by atoms with Crippen molar-refractivity contribution in [2.75, 3.05) is 30.4 Å². The van der Waals surface area contributed by atoms with Crippen molar-refractivity contribution in [2.24, 2.45) is 0 Å². The number of ether oxygens (including phenoxy) is 2. The van der Waals surface area contributed by atoms with E-state index in [0.717, 1.165) is 5.69 Å². The molecule has 0 unspecified atom stereocenters. The number of anilines is 2. The largest absolute Gasteiger partial charge is 0.480 e. The number of fused-ring (bicyclic) bond motifs is 2. The van der Waals surface area contributed by atoms with Gasteiger partial charge in [0, 0.05) is 31.5 Å². The van der Waals surface area contributed by atoms with Crippen LogP contribution in [0, 0.1) is 12.7 Å². The van der Waals surface area contributed by atoms with E-state index in [9.17, 15) is 14.0 Å². The molecule has 0 aliphatic carbocycles. The summed E-state index contributed by atoms with van der Waals surface area (Å²) in [6.07, 6.45) is 4.39. The Kier molecular flexibility index (Phi) is 7.18. The normalized spacial score (nSPS) is 17.7. The van der Waals surface area contributed by atoms with Gasteiger partial charge in [0.25, 0.3) is 5.91 Å². The number of carbonyl (C=O) groups is 2. The molecule has 1 aliphatic heterocycles. The van der Waals surface area contributed by atoms with E-state index in [1.807, 2.05) is 40.7 Å². The molecule has 41 heavy (non-hydrogen) atoms. The Balaban J connectivity index is 1.46. The van der Waals surface area contributed by atoms with Crippen LogP contribution in [-0.4, -0.2) is 74.1 Å². The number of aromatic nitrogens is 4. The van der Waals surface area contributed by atoms with E-state index in [1.54, 1.807) is 30.3 Å². The maximum absolute atomic E-state index is 14.6. The highest BCUT2D eigenvalue weighted by molar-refractivity contribution is 6.13. The molecule has 1 N–H and O–H groups in total. The number of carbonyl (C=O) groups excluding carboxylic acids is 2. The minimum Gasteiger partial charge on any atom is -0.480 e. The first kappa shape index (κ1) is 28.1. The summed E-state index contributed by atoms with van der Waals surface area (Å²) in [6, 6.07) is 4.43. The van der Waals surface area contributed by atoms with E-state index in [0.29, 0.717) is 35.7 Å². The standard InChI is InChI=1S/C29H34FN7O4/c1-16-12-36-15-19(10-21(30)26(36)32-16)33-27(38)20-8-9-22(25-24(20)31-11-23(34-25)40-7)35-13-17(2)37(18(3)14-35)28(39)41-29(4,5)6/h8-12,15,17-18H,13-14H2,1-7H3,(H,33,38)/t17-,18+. The highest BCUT2D eigenvalue weighted by atomic mass is 19.1. The lowest BCUT2D eigenvalue weighted by molar-refractivity contribution is 0.00567. The Hall–Kier alpha value is -4.48. The maximum Gasteiger partial charge on any atom is 0.410 e. The zero-order valence-corrected chi connectivity index (χ0v) is 24.2. The molecule has 1 fully saturated rings. The number of nitrogens with zero attached hydrogens (tertiary/aromatic N) is 6. The van der Waals surface area contributed by atoms with Gasteiger partial charge in [-0.25, -0.2) is 24.1 Å². The molecule has 3 aromatic heterocycles. The number of nitrogens with one attached hydrogen (secondary N) is 1. The third kappa shape index (κ3) is 5.59. The second-order valence-electron chi connectivity index (χ2n) is 11.4. The molecule has 11 nitrogen and oxygen atoms in total. The van der Waals surface area contributed by atoms with Crippen LogP contribution in [0.5, 0.6) is 5.88 Å². The van der Waals surface area contributed by atoms with Gasteiger partial charge < -0.3 is 24.1 Å². The molecule has 4 aromatic rings. The van der Waals surface area contributed by atoms with Gasteiger partial charge in [0.2, 0.25) is 5.88 Å². The van der Waals surface area contributed by atoms with Crippen LogP contribution >= 0.6 is 0 Å². The minimum absolute atomic E-state index is 0.151. The quantitative estimate of drug-likeness (QED) is 0.376. The summed E-state index contributed by atoms with van der Waals surface area (Å²) in [6.45, 7) is 12.3. The second-order valence-corrected chi connectivity index (χ2v) is 11.4. The lowest BCUT2D eigenvalue weighted by Gasteiger charge is -2.45. The number of aryl methyl sites for hydroxylation is 1. The number of amides is 2. The summed E-state index contributed by atoms with van der Waals surface area (Å²) in [5, 5.41) is 2.77. The number of benzene rings is 1. The van der Waals surface area contributed by atoms with Crippen LogP contribution in [0.4, 0.5) is 20.6 Å². The molecular weight excluding hydrogens is 529 g/mol. The van der Waals surface area contributed by atoms with Gasteiger partial charge in [0.05, 0.1) is 48.0 Å². The fourth-order valence-electron chi connectivity index (χ4n) is 5.25. The van der Waals surface area contributed by atoms with Crippen LogP contribution in [0.1, 0.15) is 50.7 Å². The third-order valence-electron chi connectivity index (χ3n) is 6.86. The average molecular weight is 564 g/mol. The van der Waals surface area contributed by atoms with Crippen molar-refractivity contribution in [1.82, 2.24) is 24.3 Å². The molecule has 1 saturated heterocycles. The molecule has 0 radical (unpaired) electrons. The third-order valence-corrected chi connectivity index (χ3v) is 6.86. The first-order valence-corrected chi connectivity index (χ1v) is 13.4. The summed E-state index contributed by atoms with van der Waals surface area (Å²) < 4.78 is 27.1. The van der Waals surface area contributed by atoms with Gasteiger partial charge in [-0.05, 0) is 53.7 Å². The van der Waals surface area contributed by atoms with Crippen molar-refractivity contribution in [1.29, 1.82) is 0 Å². The van der Waals surface area contributed by atoms with Crippen molar-refractivity contribution >= 4 is 40.1 Å². The fourth-order valence-corrected chi connectivity index (χ4v) is 5.25. The molecule has 0 saturated carbocycles. The second kappa shape index (κ2) is 10.5. The van der Waals surface area contributed by atoms with E-state index >= 15 is 0 Å². The van der Waals surface area contributed by atoms with Gasteiger partial charge >= 0.3 is 6.09 Å². The first-order valence-electron chi connectivity index (χ1n) is 13.4. The number of pyridine rings is 1. The van der Waals surface area contributed by atoms with E-state index < -0.39 is 17.3 Å². The van der Waals surface area contributed by atoms with E-state index in [4.69, 9.17) is 9.47 Å². The maximum atomic E-state index is 14.6. The van der Waals surface area contributed by atoms with E-state index in [1.165, 1.54) is 23.8 Å². The predicted molar refractivity (Wildman–Crippen MR) is 153 cm³/mol. The van der Waals surface area contributed by atoms with Gasteiger partial charge in [0.15, 0.2) is 11.5 Å². The topological polar surface area (TPSA) is 114 Å². The summed E-state index contributed by atoms with van der Waals surface area (Å²) in [7, 11) is 1.50. The fraction of sp³-hybridized carbons (Fsp3) is 0.414. The molecule has 0 spiro atoms. The molecule has 216 valence electrons. The molecule has 4 heterocycles. The molecule has 5 rings (SSSR count). The number of halogens is 1. The van der Waals surface area contributed by atoms with Crippen LogP contribution < -0.4 is 15.0 Å². The molecule has 12 heteroatoms. The van der Waals surface area contributed by atoms with Gasteiger partial charge in [0.1, 0.15) is 16.6 Å². The Morgan fingerprint density at radius 3 is 2.44 bits per heavy atom. The number of rotatable bonds is 4. The van der Waals surface area contributed by atoms with Crippen molar-refractivity contribution in [3.8, 4) is 5.88 Å². The lowest BCUT2D eigenvalue weighted by Crippen LogP contribution is -2.59. The van der Waals surface area contributed by atoms with Crippen LogP contribution in [0.2, 0.25) is 0 Å². The Bertz CT molecular complexity index is 1640. The molecule has 1 aromatic carbocycles. The summed E-state index contributed by atoms with van der Waals surface area (Å²) in [5.41, 5.74) is 2.40. The smallest absolute Gasteiger partial charge is 0.410 e. The lowest BCUT2D eigenvalue weighted by atomic mass is 10.1. The number of piperazine rings is 1. The van der Waals surface area contributed by atoms with Gasteiger partial charge in [-0.3, -0.25) is 9.69 Å². The zero-order valence-electron chi connectivity index (χ0n) is 24.2. The van der Waals surface area contributed by atoms with Crippen molar-refractivity contribution < 1.29 is 23.5 Å². The molecule has 0 bridgehead atoms. The number of imidazole rings is 1. The van der Waals surface area contributed by atoms with Crippen molar-refractivity contribution in [3.63, 3.8) is 0 Å². The number of methoxy groups -OCH3 is 1. The Morgan fingerprint density at radius 1 is 1.07 bits per heavy atom. The predicted octanol–water partition coefficient (Wildman–Crippen LogP) is 4.82. The van der Waals surface area contributed by atoms with Gasteiger partial charge in [-0.2, -0.15) is 0 Å². The first-order chi connectivity index (χ1) is 19.3. The molecule has 1 aliphatic rings. The number of hydrogen-bond acceptors (Lipinski definition) is 8. The SMILES string of the molecule is COc1cnc2c(C(=O)Nc3cc(F)c4nc(C)cn4c3)ccc(N3C[C@@H](C)N(C(=O)OC(C)(C)C)[C@@H](C)C3)c2n1. The van der Waals surface area contributed by atoms with Crippen LogP contribution in [0.15, 0.2) is 36.8 Å². The highest BCUT2D eigenvalue weighted by Gasteiger charge is 2.36. The van der Waals surface area contributed by atoms with E-state index in [2.05, 4.69) is 25.2 Å². The van der Waals surface area contributed by atoms with Gasteiger partial charge in [-0.15, -0.1) is 0 Å². The Labute approximate surface area is 237 Å².